The summed E-state index contributed by atoms with van der Waals surface area (Å²) >= 11 is 5.43. The molecule has 0 aliphatic carbocycles. The Kier molecular flexibility index (Phi) is 8.61. The molecule has 1 aromatic carbocycles. The Hall–Kier alpha value is 0.220. The lowest BCUT2D eigenvalue weighted by Gasteiger charge is -2.16. The van der Waals surface area contributed by atoms with Gasteiger partial charge in [-0.3, -0.25) is 0 Å². The molecule has 2 atom stereocenters. The van der Waals surface area contributed by atoms with Crippen molar-refractivity contribution in [3.05, 3.63) is 28.2 Å². The molecular formula is C15H24BrClN2OS. The summed E-state index contributed by atoms with van der Waals surface area (Å²) in [6.45, 7) is 7.76. The molecule has 1 aliphatic heterocycles. The van der Waals surface area contributed by atoms with Gasteiger partial charge in [-0.15, -0.1) is 24.2 Å². The van der Waals surface area contributed by atoms with Crippen LogP contribution in [0.5, 0.6) is 0 Å². The molecule has 0 radical (unpaired) electrons. The van der Waals surface area contributed by atoms with Gasteiger partial charge in [0, 0.05) is 46.7 Å². The van der Waals surface area contributed by atoms with Crippen LogP contribution in [0.25, 0.3) is 0 Å². The van der Waals surface area contributed by atoms with Crippen LogP contribution in [0.4, 0.5) is 0 Å². The van der Waals surface area contributed by atoms with Crippen molar-refractivity contribution in [2.45, 2.75) is 36.6 Å². The van der Waals surface area contributed by atoms with Gasteiger partial charge in [0.05, 0.1) is 6.10 Å². The van der Waals surface area contributed by atoms with Crippen LogP contribution in [-0.2, 0) is 6.54 Å². The van der Waals surface area contributed by atoms with Crippen molar-refractivity contribution in [2.24, 2.45) is 5.92 Å². The molecule has 1 aromatic rings. The second kappa shape index (κ2) is 9.38. The van der Waals surface area contributed by atoms with E-state index in [-0.39, 0.29) is 18.5 Å². The number of β-amino-alcohol motifs (C(OH)–C–C–N with tert-alkyl or cyclic N) is 1. The third-order valence-electron chi connectivity index (χ3n) is 3.42. The zero-order valence-electron chi connectivity index (χ0n) is 12.4. The lowest BCUT2D eigenvalue weighted by molar-refractivity contribution is 0.146. The molecule has 2 rings (SSSR count). The smallest absolute Gasteiger partial charge is 0.0716 e. The van der Waals surface area contributed by atoms with Crippen LogP contribution in [0.15, 0.2) is 27.6 Å². The molecule has 1 aliphatic rings. The maximum absolute atomic E-state index is 9.78. The lowest BCUT2D eigenvalue weighted by atomic mass is 10.1. The second-order valence-corrected chi connectivity index (χ2v) is 8.07. The summed E-state index contributed by atoms with van der Waals surface area (Å²) < 4.78 is 1.12. The van der Waals surface area contributed by atoms with Crippen LogP contribution >= 0.6 is 40.1 Å². The Morgan fingerprint density at radius 3 is 2.81 bits per heavy atom. The lowest BCUT2D eigenvalue weighted by Crippen LogP contribution is -2.30. The number of aliphatic hydroxyl groups is 1. The number of benzene rings is 1. The predicted molar refractivity (Wildman–Crippen MR) is 96.5 cm³/mol. The molecule has 3 N–H and O–H groups in total. The predicted octanol–water partition coefficient (Wildman–Crippen LogP) is 3.04. The first-order chi connectivity index (χ1) is 9.56. The minimum absolute atomic E-state index is 0. The van der Waals surface area contributed by atoms with E-state index in [9.17, 15) is 5.11 Å². The van der Waals surface area contributed by atoms with Crippen LogP contribution in [0.3, 0.4) is 0 Å². The average Bonchev–Trinajstić information content (AvgIpc) is 2.77. The number of nitrogens with one attached hydrogen (secondary N) is 2. The van der Waals surface area contributed by atoms with Crippen molar-refractivity contribution in [1.29, 1.82) is 0 Å². The highest BCUT2D eigenvalue weighted by atomic mass is 79.9. The molecule has 0 bridgehead atoms. The van der Waals surface area contributed by atoms with E-state index in [1.165, 1.54) is 10.5 Å². The summed E-state index contributed by atoms with van der Waals surface area (Å²) in [5, 5.41) is 17.1. The quantitative estimate of drug-likeness (QED) is 0.648. The van der Waals surface area contributed by atoms with Gasteiger partial charge in [-0.2, -0.15) is 0 Å². The number of rotatable bonds is 6. The third-order valence-corrected chi connectivity index (χ3v) is 5.02. The van der Waals surface area contributed by atoms with Gasteiger partial charge >= 0.3 is 0 Å². The molecule has 1 saturated heterocycles. The summed E-state index contributed by atoms with van der Waals surface area (Å²) in [7, 11) is 0. The summed E-state index contributed by atoms with van der Waals surface area (Å²) in [4.78, 5) is 1.33. The van der Waals surface area contributed by atoms with E-state index < -0.39 is 0 Å². The number of hydrogen-bond acceptors (Lipinski definition) is 4. The molecule has 1 heterocycles. The fourth-order valence-electron chi connectivity index (χ4n) is 2.36. The first-order valence-corrected chi connectivity index (χ1v) is 8.78. The zero-order chi connectivity index (χ0) is 14.5. The highest BCUT2D eigenvalue weighted by Crippen LogP contribution is 2.29. The Balaban J connectivity index is 0.00000220. The van der Waals surface area contributed by atoms with E-state index in [1.807, 2.05) is 11.8 Å². The Bertz CT molecular complexity index is 448. The summed E-state index contributed by atoms with van der Waals surface area (Å²) in [6, 6.07) is 6.45. The van der Waals surface area contributed by atoms with E-state index >= 15 is 0 Å². The SMILES string of the molecule is CC(C)Sc1cc(Br)ccc1CNCC1CNCC1O.Cl. The van der Waals surface area contributed by atoms with Gasteiger partial charge in [-0.05, 0) is 17.7 Å². The third kappa shape index (κ3) is 6.08. The highest BCUT2D eigenvalue weighted by Gasteiger charge is 2.24. The molecule has 0 saturated carbocycles. The van der Waals surface area contributed by atoms with Gasteiger partial charge in [0.2, 0.25) is 0 Å². The Morgan fingerprint density at radius 1 is 1.43 bits per heavy atom. The first kappa shape index (κ1) is 19.3. The van der Waals surface area contributed by atoms with E-state index in [2.05, 4.69) is 58.6 Å². The van der Waals surface area contributed by atoms with Crippen molar-refractivity contribution in [1.82, 2.24) is 10.6 Å². The maximum atomic E-state index is 9.78. The molecule has 0 aromatic heterocycles. The molecule has 0 spiro atoms. The zero-order valence-corrected chi connectivity index (χ0v) is 15.7. The van der Waals surface area contributed by atoms with Crippen LogP contribution in [0.2, 0.25) is 0 Å². The Labute approximate surface area is 146 Å². The topological polar surface area (TPSA) is 44.3 Å². The summed E-state index contributed by atoms with van der Waals surface area (Å²) in [5.74, 6) is 0.326. The van der Waals surface area contributed by atoms with E-state index in [0.29, 0.717) is 11.2 Å². The number of hydrogen-bond donors (Lipinski definition) is 3. The normalized spacial score (nSPS) is 21.6. The molecule has 2 unspecified atom stereocenters. The van der Waals surface area contributed by atoms with E-state index in [0.717, 1.165) is 30.7 Å². The minimum Gasteiger partial charge on any atom is -0.391 e. The van der Waals surface area contributed by atoms with E-state index in [1.54, 1.807) is 0 Å². The van der Waals surface area contributed by atoms with Gasteiger partial charge < -0.3 is 15.7 Å². The van der Waals surface area contributed by atoms with Crippen LogP contribution in [0.1, 0.15) is 19.4 Å². The van der Waals surface area contributed by atoms with Gasteiger partial charge in [-0.25, -0.2) is 0 Å². The summed E-state index contributed by atoms with van der Waals surface area (Å²) in [6.07, 6.45) is -0.211. The fourth-order valence-corrected chi connectivity index (χ4v) is 3.86. The van der Waals surface area contributed by atoms with Crippen molar-refractivity contribution < 1.29 is 5.11 Å². The van der Waals surface area contributed by atoms with Crippen molar-refractivity contribution in [2.75, 3.05) is 19.6 Å². The summed E-state index contributed by atoms with van der Waals surface area (Å²) in [5.41, 5.74) is 1.33. The molecule has 120 valence electrons. The first-order valence-electron chi connectivity index (χ1n) is 7.11. The van der Waals surface area contributed by atoms with Crippen molar-refractivity contribution in [3.8, 4) is 0 Å². The van der Waals surface area contributed by atoms with Gasteiger partial charge in [0.25, 0.3) is 0 Å². The molecular weight excluding hydrogens is 372 g/mol. The minimum atomic E-state index is -0.211. The largest absolute Gasteiger partial charge is 0.391 e. The van der Waals surface area contributed by atoms with Gasteiger partial charge in [0.15, 0.2) is 0 Å². The van der Waals surface area contributed by atoms with Crippen LogP contribution in [-0.4, -0.2) is 36.1 Å². The molecule has 1 fully saturated rings. The van der Waals surface area contributed by atoms with E-state index in [4.69, 9.17) is 0 Å². The molecule has 3 nitrogen and oxygen atoms in total. The molecule has 6 heteroatoms. The fraction of sp³-hybridized carbons (Fsp3) is 0.600. The number of aliphatic hydroxyl groups excluding tert-OH is 1. The average molecular weight is 396 g/mol. The monoisotopic (exact) mass is 394 g/mol. The van der Waals surface area contributed by atoms with Crippen molar-refractivity contribution >= 4 is 40.1 Å². The second-order valence-electron chi connectivity index (χ2n) is 5.54. The number of halogens is 2. The standard InChI is InChI=1S/C15H23BrN2OS.ClH/c1-10(2)20-15-5-13(16)4-3-11(15)6-17-7-12-8-18-9-14(12)19;/h3-5,10,12,14,17-19H,6-9H2,1-2H3;1H. The highest BCUT2D eigenvalue weighted by molar-refractivity contribution is 9.10. The van der Waals surface area contributed by atoms with Gasteiger partial charge in [0.1, 0.15) is 0 Å². The van der Waals surface area contributed by atoms with Gasteiger partial charge in [-0.1, -0.05) is 35.8 Å². The molecule has 0 amide bonds. The Morgan fingerprint density at radius 2 is 2.19 bits per heavy atom. The molecule has 21 heavy (non-hydrogen) atoms. The van der Waals surface area contributed by atoms with Crippen LogP contribution < -0.4 is 10.6 Å². The van der Waals surface area contributed by atoms with Crippen LogP contribution in [0, 0.1) is 5.92 Å². The number of thioether (sulfide) groups is 1. The maximum Gasteiger partial charge on any atom is 0.0716 e. The van der Waals surface area contributed by atoms with Crippen molar-refractivity contribution in [3.63, 3.8) is 0 Å².